The van der Waals surface area contributed by atoms with Gasteiger partial charge < -0.3 is 14.4 Å². The number of amides is 1. The van der Waals surface area contributed by atoms with Gasteiger partial charge in [-0.3, -0.25) is 9.69 Å². The molecule has 2 aromatic carbocycles. The minimum Gasteiger partial charge on any atom is -0.493 e. The van der Waals surface area contributed by atoms with Crippen LogP contribution >= 0.6 is 35.3 Å². The Morgan fingerprint density at radius 1 is 1.12 bits per heavy atom. The molecule has 0 atom stereocenters. The van der Waals surface area contributed by atoms with E-state index in [-0.39, 0.29) is 24.4 Å². The van der Waals surface area contributed by atoms with E-state index in [1.807, 2.05) is 42.5 Å². The number of nitrogens with zero attached hydrogens (tertiary/aromatic N) is 3. The standard InChI is InChI=1S/C25H26ClN3O3S.ClH/c1-15(2)28-13-19(14-28)32-21-9-8-18(12-22(21)31-3)29-11-10-20-23(25(29)30)33-24(27-20)16-4-6-17(26)7-5-16;/h4-9,12,15,19H,10-11,13-14H2,1-3H3;1H. The summed E-state index contributed by atoms with van der Waals surface area (Å²) in [5, 5.41) is 1.52. The number of thiazole rings is 1. The summed E-state index contributed by atoms with van der Waals surface area (Å²) in [6, 6.07) is 13.8. The number of methoxy groups -OCH3 is 1. The lowest BCUT2D eigenvalue weighted by atomic mass is 10.1. The molecule has 0 radical (unpaired) electrons. The molecule has 0 bridgehead atoms. The Morgan fingerprint density at radius 3 is 2.53 bits per heavy atom. The van der Waals surface area contributed by atoms with Crippen molar-refractivity contribution in [3.05, 3.63) is 58.1 Å². The molecule has 0 saturated carbocycles. The van der Waals surface area contributed by atoms with Gasteiger partial charge in [0, 0.05) is 54.4 Å². The number of anilines is 1. The number of ether oxygens (including phenoxy) is 2. The normalized spacial score (nSPS) is 16.1. The molecule has 180 valence electrons. The second-order valence-corrected chi connectivity index (χ2v) is 10.1. The van der Waals surface area contributed by atoms with Gasteiger partial charge in [0.1, 0.15) is 16.0 Å². The molecule has 0 spiro atoms. The van der Waals surface area contributed by atoms with Gasteiger partial charge in [0.2, 0.25) is 0 Å². The maximum atomic E-state index is 13.3. The van der Waals surface area contributed by atoms with Crippen LogP contribution in [0.2, 0.25) is 5.02 Å². The predicted octanol–water partition coefficient (Wildman–Crippen LogP) is 5.57. The molecule has 0 unspecified atom stereocenters. The summed E-state index contributed by atoms with van der Waals surface area (Å²) in [4.78, 5) is 22.9. The average Bonchev–Trinajstić information content (AvgIpc) is 3.22. The molecular weight excluding hydrogens is 493 g/mol. The van der Waals surface area contributed by atoms with Crippen molar-refractivity contribution in [3.8, 4) is 22.1 Å². The first kappa shape index (κ1) is 24.8. The minimum atomic E-state index is -0.0312. The maximum absolute atomic E-state index is 13.3. The lowest BCUT2D eigenvalue weighted by Crippen LogP contribution is -2.56. The van der Waals surface area contributed by atoms with Crippen LogP contribution in [0.5, 0.6) is 11.5 Å². The van der Waals surface area contributed by atoms with Crippen LogP contribution in [-0.4, -0.2) is 54.7 Å². The fourth-order valence-electron chi connectivity index (χ4n) is 4.16. The lowest BCUT2D eigenvalue weighted by molar-refractivity contribution is -0.00107. The topological polar surface area (TPSA) is 54.9 Å². The zero-order valence-electron chi connectivity index (χ0n) is 19.3. The fraction of sp³-hybridized carbons (Fsp3) is 0.360. The highest BCUT2D eigenvalue weighted by molar-refractivity contribution is 7.17. The summed E-state index contributed by atoms with van der Waals surface area (Å²) in [5.41, 5.74) is 2.62. The Labute approximate surface area is 214 Å². The van der Waals surface area contributed by atoms with E-state index >= 15 is 0 Å². The van der Waals surface area contributed by atoms with Crippen molar-refractivity contribution < 1.29 is 14.3 Å². The van der Waals surface area contributed by atoms with E-state index in [0.29, 0.717) is 40.4 Å². The molecule has 0 N–H and O–H groups in total. The van der Waals surface area contributed by atoms with E-state index in [4.69, 9.17) is 26.1 Å². The first-order valence-corrected chi connectivity index (χ1v) is 12.3. The smallest absolute Gasteiger partial charge is 0.270 e. The van der Waals surface area contributed by atoms with E-state index in [0.717, 1.165) is 35.0 Å². The second kappa shape index (κ2) is 10.1. The maximum Gasteiger partial charge on any atom is 0.270 e. The van der Waals surface area contributed by atoms with Gasteiger partial charge >= 0.3 is 0 Å². The minimum absolute atomic E-state index is 0. The van der Waals surface area contributed by atoms with Gasteiger partial charge in [-0.05, 0) is 38.1 Å². The van der Waals surface area contributed by atoms with Crippen molar-refractivity contribution >= 4 is 46.9 Å². The molecular formula is C25H27Cl2N3O3S. The zero-order chi connectivity index (χ0) is 23.1. The summed E-state index contributed by atoms with van der Waals surface area (Å²) < 4.78 is 11.8. The molecule has 2 aliphatic rings. The molecule has 1 fully saturated rings. The second-order valence-electron chi connectivity index (χ2n) is 8.63. The SMILES string of the molecule is COc1cc(N2CCc3nc(-c4ccc(Cl)cc4)sc3C2=O)ccc1OC1CN(C(C)C)C1.Cl. The third-order valence-corrected chi connectivity index (χ3v) is 7.55. The fourth-order valence-corrected chi connectivity index (χ4v) is 5.35. The van der Waals surface area contributed by atoms with Gasteiger partial charge in [-0.2, -0.15) is 0 Å². The summed E-state index contributed by atoms with van der Waals surface area (Å²) in [5.74, 6) is 1.32. The molecule has 6 nitrogen and oxygen atoms in total. The van der Waals surface area contributed by atoms with Gasteiger partial charge in [-0.1, -0.05) is 23.7 Å². The Kier molecular flexibility index (Phi) is 7.38. The van der Waals surface area contributed by atoms with E-state index in [2.05, 4.69) is 18.7 Å². The number of likely N-dealkylation sites (tertiary alicyclic amines) is 1. The lowest BCUT2D eigenvalue weighted by Gasteiger charge is -2.41. The van der Waals surface area contributed by atoms with Crippen molar-refractivity contribution in [2.75, 3.05) is 31.6 Å². The highest BCUT2D eigenvalue weighted by Gasteiger charge is 2.32. The number of rotatable bonds is 6. The van der Waals surface area contributed by atoms with Crippen LogP contribution in [0.15, 0.2) is 42.5 Å². The quantitative estimate of drug-likeness (QED) is 0.426. The monoisotopic (exact) mass is 519 g/mol. The number of carbonyl (C=O) groups excluding carboxylic acids is 1. The van der Waals surface area contributed by atoms with Crippen LogP contribution in [0.3, 0.4) is 0 Å². The van der Waals surface area contributed by atoms with Crippen LogP contribution in [0.25, 0.3) is 10.6 Å². The third kappa shape index (κ3) is 4.75. The number of benzene rings is 2. The van der Waals surface area contributed by atoms with Crippen molar-refractivity contribution in [3.63, 3.8) is 0 Å². The Hall–Kier alpha value is -2.32. The molecule has 0 aliphatic carbocycles. The molecule has 3 aromatic rings. The van der Waals surface area contributed by atoms with Gasteiger partial charge in [0.25, 0.3) is 5.91 Å². The van der Waals surface area contributed by atoms with Gasteiger partial charge in [0.15, 0.2) is 11.5 Å². The molecule has 3 heterocycles. The molecule has 2 aliphatic heterocycles. The number of hydrogen-bond acceptors (Lipinski definition) is 6. The van der Waals surface area contributed by atoms with Crippen LogP contribution in [0, 0.1) is 0 Å². The first-order chi connectivity index (χ1) is 15.9. The van der Waals surface area contributed by atoms with Crippen molar-refractivity contribution in [1.82, 2.24) is 9.88 Å². The van der Waals surface area contributed by atoms with Crippen LogP contribution in [-0.2, 0) is 6.42 Å². The summed E-state index contributed by atoms with van der Waals surface area (Å²) in [7, 11) is 1.63. The van der Waals surface area contributed by atoms with Crippen LogP contribution in [0.4, 0.5) is 5.69 Å². The van der Waals surface area contributed by atoms with Crippen molar-refractivity contribution in [2.24, 2.45) is 0 Å². The van der Waals surface area contributed by atoms with Crippen molar-refractivity contribution in [2.45, 2.75) is 32.4 Å². The number of fused-ring (bicyclic) bond motifs is 1. The molecule has 1 amide bonds. The van der Waals surface area contributed by atoms with Crippen molar-refractivity contribution in [1.29, 1.82) is 0 Å². The van der Waals surface area contributed by atoms with Gasteiger partial charge in [0.05, 0.1) is 12.8 Å². The molecule has 1 saturated heterocycles. The van der Waals surface area contributed by atoms with Crippen LogP contribution < -0.4 is 14.4 Å². The number of hydrogen-bond donors (Lipinski definition) is 0. The molecule has 34 heavy (non-hydrogen) atoms. The molecule has 5 rings (SSSR count). The molecule has 1 aromatic heterocycles. The number of aromatic nitrogens is 1. The number of halogens is 2. The summed E-state index contributed by atoms with van der Waals surface area (Å²) >= 11 is 7.43. The van der Waals surface area contributed by atoms with E-state index < -0.39 is 0 Å². The Bertz CT molecular complexity index is 1180. The Balaban J connectivity index is 0.00000274. The largest absolute Gasteiger partial charge is 0.493 e. The van der Waals surface area contributed by atoms with E-state index in [1.54, 1.807) is 12.0 Å². The van der Waals surface area contributed by atoms with Gasteiger partial charge in [-0.25, -0.2) is 4.98 Å². The third-order valence-electron chi connectivity index (χ3n) is 6.16. The first-order valence-electron chi connectivity index (χ1n) is 11.1. The number of carbonyl (C=O) groups is 1. The highest BCUT2D eigenvalue weighted by Crippen LogP contribution is 2.37. The van der Waals surface area contributed by atoms with E-state index in [1.165, 1.54) is 11.3 Å². The summed E-state index contributed by atoms with van der Waals surface area (Å²) in [6.45, 7) is 6.78. The molecule has 9 heteroatoms. The predicted molar refractivity (Wildman–Crippen MR) is 139 cm³/mol. The Morgan fingerprint density at radius 2 is 1.85 bits per heavy atom. The summed E-state index contributed by atoms with van der Waals surface area (Å²) in [6.07, 6.45) is 0.869. The average molecular weight is 520 g/mol. The highest BCUT2D eigenvalue weighted by atomic mass is 35.5. The zero-order valence-corrected chi connectivity index (χ0v) is 21.7. The van der Waals surface area contributed by atoms with Crippen LogP contribution in [0.1, 0.15) is 29.2 Å². The van der Waals surface area contributed by atoms with E-state index in [9.17, 15) is 4.79 Å². The van der Waals surface area contributed by atoms with Gasteiger partial charge in [-0.15, -0.1) is 23.7 Å².